The van der Waals surface area contributed by atoms with Gasteiger partial charge in [0.2, 0.25) is 10.0 Å². The van der Waals surface area contributed by atoms with Crippen LogP contribution in [-0.2, 0) is 14.8 Å². The molecule has 1 fully saturated rings. The number of carbonyl (C=O) groups is 1. The van der Waals surface area contributed by atoms with Crippen LogP contribution in [0.2, 0.25) is 0 Å². The average molecular weight is 396 g/mol. The van der Waals surface area contributed by atoms with Crippen molar-refractivity contribution in [2.24, 2.45) is 0 Å². The van der Waals surface area contributed by atoms with E-state index in [1.54, 1.807) is 0 Å². The number of carbonyl (C=O) groups excluding carboxylic acids is 1. The maximum absolute atomic E-state index is 13.3. The number of nitrogens with one attached hydrogen (secondary N) is 2. The predicted molar refractivity (Wildman–Crippen MR) is 85.1 cm³/mol. The molecule has 2 rings (SSSR count). The largest absolute Gasteiger partial charge is 0.464 e. The number of piperazine rings is 1. The molecule has 0 radical (unpaired) electrons. The van der Waals surface area contributed by atoms with Crippen molar-refractivity contribution in [2.75, 3.05) is 39.8 Å². The highest BCUT2D eigenvalue weighted by molar-refractivity contribution is 7.89. The molecule has 0 spiro atoms. The molecule has 1 saturated heterocycles. The number of ether oxygens (including phenoxy) is 1. The molecule has 8 nitrogen and oxygen atoms in total. The van der Waals surface area contributed by atoms with Crippen LogP contribution in [0, 0.1) is 0 Å². The Morgan fingerprint density at radius 1 is 1.38 bits per heavy atom. The molecular weight excluding hydrogens is 377 g/mol. The number of pyridine rings is 1. The normalized spacial score (nSPS) is 17.7. The molecule has 0 aromatic carbocycles. The van der Waals surface area contributed by atoms with E-state index in [9.17, 15) is 26.4 Å². The summed E-state index contributed by atoms with van der Waals surface area (Å²) in [6, 6.07) is 0.272. The summed E-state index contributed by atoms with van der Waals surface area (Å²) in [5, 5.41) is 2.94. The third kappa shape index (κ3) is 5.13. The Bertz CT molecular complexity index is 719. The van der Waals surface area contributed by atoms with E-state index >= 15 is 0 Å². The fourth-order valence-electron chi connectivity index (χ4n) is 2.48. The Kier molecular flexibility index (Phi) is 6.55. The molecule has 1 aromatic heterocycles. The monoisotopic (exact) mass is 396 g/mol. The van der Waals surface area contributed by atoms with Crippen molar-refractivity contribution in [3.05, 3.63) is 24.0 Å². The fraction of sp³-hybridized carbons (Fsp3) is 0.571. The molecule has 1 unspecified atom stereocenters. The van der Waals surface area contributed by atoms with Gasteiger partial charge >= 0.3 is 12.1 Å². The average Bonchev–Trinajstić information content (AvgIpc) is 2.61. The summed E-state index contributed by atoms with van der Waals surface area (Å²) in [5.41, 5.74) is -0.111. The molecule has 1 aromatic rings. The van der Waals surface area contributed by atoms with Gasteiger partial charge in [0.05, 0.1) is 7.11 Å². The Morgan fingerprint density at radius 2 is 2.04 bits per heavy atom. The number of methoxy groups -OCH3 is 1. The van der Waals surface area contributed by atoms with Crippen LogP contribution in [0.1, 0.15) is 10.5 Å². The number of aromatic nitrogens is 1. The zero-order chi connectivity index (χ0) is 19.4. The number of hydrogen-bond acceptors (Lipinski definition) is 7. The highest BCUT2D eigenvalue weighted by atomic mass is 32.2. The predicted octanol–water partition coefficient (Wildman–Crippen LogP) is -0.0174. The topological polar surface area (TPSA) is 101 Å². The van der Waals surface area contributed by atoms with E-state index in [0.29, 0.717) is 13.1 Å². The van der Waals surface area contributed by atoms with E-state index in [4.69, 9.17) is 0 Å². The lowest BCUT2D eigenvalue weighted by atomic mass is 10.2. The van der Waals surface area contributed by atoms with Crippen molar-refractivity contribution < 1.29 is 31.1 Å². The Balaban J connectivity index is 2.10. The summed E-state index contributed by atoms with van der Waals surface area (Å²) in [4.78, 5) is 15.8. The zero-order valence-corrected chi connectivity index (χ0v) is 14.7. The molecule has 0 bridgehead atoms. The van der Waals surface area contributed by atoms with Gasteiger partial charge in [0.15, 0.2) is 0 Å². The van der Waals surface area contributed by atoms with Gasteiger partial charge in [-0.05, 0) is 12.1 Å². The third-order valence-electron chi connectivity index (χ3n) is 3.88. The standard InChI is InChI=1S/C14H19F3N4O4S/c1-25-13(22)11-3-2-10(8-19-11)26(23,24)20-9-12(14(15,16)17)21-6-4-18-5-7-21/h2-3,8,12,18,20H,4-7,9H2,1H3. The number of nitrogens with zero attached hydrogens (tertiary/aromatic N) is 2. The van der Waals surface area contributed by atoms with Crippen LogP contribution in [0.4, 0.5) is 13.2 Å². The number of esters is 1. The molecule has 2 heterocycles. The van der Waals surface area contributed by atoms with E-state index in [0.717, 1.165) is 25.4 Å². The van der Waals surface area contributed by atoms with Crippen LogP contribution in [0.5, 0.6) is 0 Å². The zero-order valence-electron chi connectivity index (χ0n) is 13.9. The van der Waals surface area contributed by atoms with Gasteiger partial charge < -0.3 is 10.1 Å². The van der Waals surface area contributed by atoms with Gasteiger partial charge in [-0.2, -0.15) is 13.2 Å². The lowest BCUT2D eigenvalue weighted by Crippen LogP contribution is -2.57. The number of hydrogen-bond donors (Lipinski definition) is 2. The van der Waals surface area contributed by atoms with Gasteiger partial charge in [-0.15, -0.1) is 0 Å². The maximum Gasteiger partial charge on any atom is 0.405 e. The van der Waals surface area contributed by atoms with Crippen LogP contribution in [0.15, 0.2) is 23.2 Å². The summed E-state index contributed by atoms with van der Waals surface area (Å²) in [5.74, 6) is -0.752. The molecule has 26 heavy (non-hydrogen) atoms. The number of sulfonamides is 1. The van der Waals surface area contributed by atoms with Gasteiger partial charge in [0, 0.05) is 38.9 Å². The van der Waals surface area contributed by atoms with Crippen molar-refractivity contribution >= 4 is 16.0 Å². The quantitative estimate of drug-likeness (QED) is 0.652. The maximum atomic E-state index is 13.3. The minimum absolute atomic E-state index is 0.111. The molecule has 0 amide bonds. The molecule has 1 atom stereocenters. The second-order valence-electron chi connectivity index (χ2n) is 5.57. The fourth-order valence-corrected chi connectivity index (χ4v) is 3.46. The number of alkyl halides is 3. The third-order valence-corrected chi connectivity index (χ3v) is 5.29. The summed E-state index contributed by atoms with van der Waals surface area (Å²) in [6.07, 6.45) is -3.69. The number of halogens is 3. The van der Waals surface area contributed by atoms with Crippen molar-refractivity contribution in [1.82, 2.24) is 19.9 Å². The SMILES string of the molecule is COC(=O)c1ccc(S(=O)(=O)NCC(N2CCNCC2)C(F)(F)F)cn1. The van der Waals surface area contributed by atoms with Gasteiger partial charge in [-0.25, -0.2) is 22.9 Å². The first-order chi connectivity index (χ1) is 12.1. The molecule has 1 aliphatic rings. The molecular formula is C14H19F3N4O4S. The Morgan fingerprint density at radius 3 is 2.54 bits per heavy atom. The smallest absolute Gasteiger partial charge is 0.405 e. The number of rotatable bonds is 6. The molecule has 1 aliphatic heterocycles. The summed E-state index contributed by atoms with van der Waals surface area (Å²) in [6.45, 7) is 0.323. The minimum Gasteiger partial charge on any atom is -0.464 e. The van der Waals surface area contributed by atoms with E-state index in [1.165, 1.54) is 4.90 Å². The lowest BCUT2D eigenvalue weighted by molar-refractivity contribution is -0.182. The van der Waals surface area contributed by atoms with Crippen LogP contribution >= 0.6 is 0 Å². The highest BCUT2D eigenvalue weighted by Crippen LogP contribution is 2.25. The molecule has 146 valence electrons. The van der Waals surface area contributed by atoms with E-state index in [1.807, 2.05) is 4.72 Å². The summed E-state index contributed by atoms with van der Waals surface area (Å²) >= 11 is 0. The first kappa shape index (κ1) is 20.6. The van der Waals surface area contributed by atoms with Crippen LogP contribution in [0.25, 0.3) is 0 Å². The highest BCUT2D eigenvalue weighted by Gasteiger charge is 2.44. The Labute approximate surface area is 148 Å². The first-order valence-corrected chi connectivity index (χ1v) is 9.19. The lowest BCUT2D eigenvalue weighted by Gasteiger charge is -2.35. The second kappa shape index (κ2) is 8.29. The first-order valence-electron chi connectivity index (χ1n) is 7.70. The van der Waals surface area contributed by atoms with Crippen molar-refractivity contribution in [1.29, 1.82) is 0 Å². The van der Waals surface area contributed by atoms with E-state index in [-0.39, 0.29) is 23.7 Å². The van der Waals surface area contributed by atoms with Gasteiger partial charge in [-0.3, -0.25) is 4.90 Å². The molecule has 0 aliphatic carbocycles. The van der Waals surface area contributed by atoms with E-state index in [2.05, 4.69) is 15.0 Å². The van der Waals surface area contributed by atoms with Crippen molar-refractivity contribution in [2.45, 2.75) is 17.1 Å². The van der Waals surface area contributed by atoms with Crippen molar-refractivity contribution in [3.63, 3.8) is 0 Å². The van der Waals surface area contributed by atoms with Gasteiger partial charge in [0.25, 0.3) is 0 Å². The Hall–Kier alpha value is -1.76. The van der Waals surface area contributed by atoms with E-state index < -0.39 is 34.8 Å². The van der Waals surface area contributed by atoms with Crippen molar-refractivity contribution in [3.8, 4) is 0 Å². The van der Waals surface area contributed by atoms with Crippen LogP contribution in [-0.4, -0.2) is 76.3 Å². The molecule has 2 N–H and O–H groups in total. The van der Waals surface area contributed by atoms with Crippen LogP contribution in [0.3, 0.4) is 0 Å². The summed E-state index contributed by atoms with van der Waals surface area (Å²) in [7, 11) is -3.07. The second-order valence-corrected chi connectivity index (χ2v) is 7.33. The molecule has 12 heteroatoms. The minimum atomic E-state index is -4.58. The van der Waals surface area contributed by atoms with Gasteiger partial charge in [0.1, 0.15) is 16.6 Å². The molecule has 0 saturated carbocycles. The van der Waals surface area contributed by atoms with Crippen LogP contribution < -0.4 is 10.0 Å². The summed E-state index contributed by atoms with van der Waals surface area (Å²) < 4.78 is 70.8. The van der Waals surface area contributed by atoms with Gasteiger partial charge in [-0.1, -0.05) is 0 Å².